The zero-order valence-corrected chi connectivity index (χ0v) is 10.9. The third kappa shape index (κ3) is 2.91. The molecule has 2 atom stereocenters. The monoisotopic (exact) mass is 261 g/mol. The van der Waals surface area contributed by atoms with Crippen molar-refractivity contribution in [1.29, 1.82) is 0 Å². The van der Waals surface area contributed by atoms with E-state index < -0.39 is 12.1 Å². The molecule has 0 radical (unpaired) electrons. The summed E-state index contributed by atoms with van der Waals surface area (Å²) in [6.45, 7) is 1.99. The summed E-state index contributed by atoms with van der Waals surface area (Å²) >= 11 is 5.83. The second kappa shape index (κ2) is 5.53. The van der Waals surface area contributed by atoms with Crippen LogP contribution >= 0.6 is 11.6 Å². The molecule has 1 unspecified atom stereocenters. The lowest BCUT2D eigenvalue weighted by atomic mass is 9.96. The maximum atomic E-state index is 10.3. The molecule has 0 bridgehead atoms. The number of hydrogen-bond acceptors (Lipinski definition) is 2. The molecule has 2 rings (SSSR count). The van der Waals surface area contributed by atoms with Crippen LogP contribution in [0.3, 0.4) is 0 Å². The first-order chi connectivity index (χ1) is 8.58. The normalized spacial score (nSPS) is 14.2. The van der Waals surface area contributed by atoms with Crippen molar-refractivity contribution < 1.29 is 5.11 Å². The molecule has 0 spiro atoms. The Hall–Kier alpha value is -1.35. The fourth-order valence-corrected chi connectivity index (χ4v) is 2.05. The molecule has 0 aliphatic carbocycles. The van der Waals surface area contributed by atoms with Crippen molar-refractivity contribution in [1.82, 2.24) is 0 Å². The number of rotatable bonds is 3. The highest BCUT2D eigenvalue weighted by Crippen LogP contribution is 2.27. The van der Waals surface area contributed by atoms with Gasteiger partial charge in [0.15, 0.2) is 0 Å². The van der Waals surface area contributed by atoms with Gasteiger partial charge < -0.3 is 10.8 Å². The van der Waals surface area contributed by atoms with Gasteiger partial charge in [-0.3, -0.25) is 0 Å². The van der Waals surface area contributed by atoms with Crippen molar-refractivity contribution >= 4 is 11.6 Å². The molecule has 2 nitrogen and oxygen atoms in total. The molecule has 0 saturated carbocycles. The number of aryl methyl sites for hydroxylation is 1. The Morgan fingerprint density at radius 1 is 1.06 bits per heavy atom. The van der Waals surface area contributed by atoms with Crippen LogP contribution in [0.25, 0.3) is 0 Å². The van der Waals surface area contributed by atoms with Gasteiger partial charge in [0.1, 0.15) is 0 Å². The van der Waals surface area contributed by atoms with E-state index in [4.69, 9.17) is 17.3 Å². The Morgan fingerprint density at radius 3 is 2.33 bits per heavy atom. The molecule has 0 saturated heterocycles. The van der Waals surface area contributed by atoms with Gasteiger partial charge in [0.05, 0.1) is 12.1 Å². The zero-order valence-electron chi connectivity index (χ0n) is 10.2. The van der Waals surface area contributed by atoms with Crippen LogP contribution < -0.4 is 5.73 Å². The van der Waals surface area contributed by atoms with Crippen molar-refractivity contribution in [3.05, 3.63) is 70.2 Å². The van der Waals surface area contributed by atoms with E-state index in [9.17, 15) is 5.11 Å². The SMILES string of the molecule is Cc1cccc(C(O)[C@@H](N)c2ccc(Cl)cc2)c1. The van der Waals surface area contributed by atoms with Gasteiger partial charge in [-0.1, -0.05) is 53.6 Å². The molecule has 0 aliphatic rings. The summed E-state index contributed by atoms with van der Waals surface area (Å²) < 4.78 is 0. The smallest absolute Gasteiger partial charge is 0.0982 e. The number of benzene rings is 2. The fraction of sp³-hybridized carbons (Fsp3) is 0.200. The minimum atomic E-state index is -0.717. The molecule has 0 fully saturated rings. The van der Waals surface area contributed by atoms with Crippen LogP contribution in [0.2, 0.25) is 5.02 Å². The quantitative estimate of drug-likeness (QED) is 0.890. The summed E-state index contributed by atoms with van der Waals surface area (Å²) in [4.78, 5) is 0. The largest absolute Gasteiger partial charge is 0.386 e. The van der Waals surface area contributed by atoms with E-state index in [0.29, 0.717) is 5.02 Å². The van der Waals surface area contributed by atoms with E-state index in [1.807, 2.05) is 43.3 Å². The second-order valence-electron chi connectivity index (χ2n) is 4.44. The number of nitrogens with two attached hydrogens (primary N) is 1. The summed E-state index contributed by atoms with van der Waals surface area (Å²) in [6, 6.07) is 14.5. The van der Waals surface area contributed by atoms with Crippen molar-refractivity contribution in [2.24, 2.45) is 5.73 Å². The molecule has 0 aromatic heterocycles. The van der Waals surface area contributed by atoms with E-state index in [1.165, 1.54) is 0 Å². The van der Waals surface area contributed by atoms with Crippen molar-refractivity contribution in [2.75, 3.05) is 0 Å². The summed E-state index contributed by atoms with van der Waals surface area (Å²) in [6.07, 6.45) is -0.717. The molecule has 2 aromatic carbocycles. The molecular weight excluding hydrogens is 246 g/mol. The standard InChI is InChI=1S/C15H16ClNO/c1-10-3-2-4-12(9-10)15(18)14(17)11-5-7-13(16)8-6-11/h2-9,14-15,18H,17H2,1H3/t14-,15?/m0/s1. The van der Waals surface area contributed by atoms with Gasteiger partial charge in [0.2, 0.25) is 0 Å². The highest BCUT2D eigenvalue weighted by atomic mass is 35.5. The van der Waals surface area contributed by atoms with Gasteiger partial charge >= 0.3 is 0 Å². The lowest BCUT2D eigenvalue weighted by Gasteiger charge is -2.20. The second-order valence-corrected chi connectivity index (χ2v) is 4.87. The first-order valence-electron chi connectivity index (χ1n) is 5.83. The maximum absolute atomic E-state index is 10.3. The molecule has 3 N–H and O–H groups in total. The topological polar surface area (TPSA) is 46.2 Å². The molecule has 0 heterocycles. The van der Waals surface area contributed by atoms with Crippen LogP contribution in [-0.2, 0) is 0 Å². The first-order valence-corrected chi connectivity index (χ1v) is 6.21. The number of hydrogen-bond donors (Lipinski definition) is 2. The fourth-order valence-electron chi connectivity index (χ4n) is 1.93. The van der Waals surface area contributed by atoms with E-state index in [2.05, 4.69) is 0 Å². The molecule has 94 valence electrons. The molecular formula is C15H16ClNO. The lowest BCUT2D eigenvalue weighted by molar-refractivity contribution is 0.147. The minimum Gasteiger partial charge on any atom is -0.386 e. The van der Waals surface area contributed by atoms with Crippen LogP contribution in [0.15, 0.2) is 48.5 Å². The predicted molar refractivity (Wildman–Crippen MR) is 74.5 cm³/mol. The molecule has 3 heteroatoms. The highest BCUT2D eigenvalue weighted by molar-refractivity contribution is 6.30. The predicted octanol–water partition coefficient (Wildman–Crippen LogP) is 3.38. The summed E-state index contributed by atoms with van der Waals surface area (Å²) in [5.41, 5.74) is 8.88. The Bertz CT molecular complexity index is 524. The Balaban J connectivity index is 2.23. The van der Waals surface area contributed by atoms with E-state index in [1.54, 1.807) is 12.1 Å². The van der Waals surface area contributed by atoms with Crippen LogP contribution in [0.4, 0.5) is 0 Å². The zero-order chi connectivity index (χ0) is 13.1. The van der Waals surface area contributed by atoms with Gasteiger partial charge in [0, 0.05) is 5.02 Å². The van der Waals surface area contributed by atoms with Crippen molar-refractivity contribution in [3.63, 3.8) is 0 Å². The Labute approximate surface area is 112 Å². The third-order valence-electron chi connectivity index (χ3n) is 2.98. The average Bonchev–Trinajstić information content (AvgIpc) is 2.38. The third-order valence-corrected chi connectivity index (χ3v) is 3.23. The number of aliphatic hydroxyl groups excluding tert-OH is 1. The number of aliphatic hydroxyl groups is 1. The Kier molecular flexibility index (Phi) is 4.02. The van der Waals surface area contributed by atoms with Gasteiger partial charge in [-0.25, -0.2) is 0 Å². The van der Waals surface area contributed by atoms with Crippen molar-refractivity contribution in [2.45, 2.75) is 19.1 Å². The van der Waals surface area contributed by atoms with Gasteiger partial charge in [-0.05, 0) is 30.2 Å². The summed E-state index contributed by atoms with van der Waals surface area (Å²) in [5.74, 6) is 0. The highest BCUT2D eigenvalue weighted by Gasteiger charge is 2.18. The van der Waals surface area contributed by atoms with Gasteiger partial charge in [-0.2, -0.15) is 0 Å². The van der Waals surface area contributed by atoms with Gasteiger partial charge in [-0.15, -0.1) is 0 Å². The minimum absolute atomic E-state index is 0.455. The van der Waals surface area contributed by atoms with Crippen LogP contribution in [-0.4, -0.2) is 5.11 Å². The molecule has 2 aromatic rings. The molecule has 18 heavy (non-hydrogen) atoms. The Morgan fingerprint density at radius 2 is 1.72 bits per heavy atom. The first kappa shape index (κ1) is 13.1. The molecule has 0 amide bonds. The van der Waals surface area contributed by atoms with Crippen molar-refractivity contribution in [3.8, 4) is 0 Å². The summed E-state index contributed by atoms with van der Waals surface area (Å²) in [7, 11) is 0. The van der Waals surface area contributed by atoms with Crippen LogP contribution in [0, 0.1) is 6.92 Å². The van der Waals surface area contributed by atoms with Gasteiger partial charge in [0.25, 0.3) is 0 Å². The van der Waals surface area contributed by atoms with E-state index in [0.717, 1.165) is 16.7 Å². The number of halogens is 1. The van der Waals surface area contributed by atoms with E-state index in [-0.39, 0.29) is 0 Å². The maximum Gasteiger partial charge on any atom is 0.0982 e. The molecule has 0 aliphatic heterocycles. The summed E-state index contributed by atoms with van der Waals surface area (Å²) in [5, 5.41) is 10.9. The average molecular weight is 262 g/mol. The van der Waals surface area contributed by atoms with Crippen LogP contribution in [0.1, 0.15) is 28.8 Å². The lowest BCUT2D eigenvalue weighted by Crippen LogP contribution is -2.19. The van der Waals surface area contributed by atoms with E-state index >= 15 is 0 Å². The van der Waals surface area contributed by atoms with Crippen LogP contribution in [0.5, 0.6) is 0 Å².